The Kier molecular flexibility index (Phi) is 4.53. The van der Waals surface area contributed by atoms with Crippen LogP contribution in [-0.2, 0) is 5.75 Å². The topological polar surface area (TPSA) is 43.6 Å². The summed E-state index contributed by atoms with van der Waals surface area (Å²) in [5.41, 5.74) is 2.48. The van der Waals surface area contributed by atoms with Gasteiger partial charge in [0.2, 0.25) is 0 Å². The minimum absolute atomic E-state index is 0.277. The quantitative estimate of drug-likeness (QED) is 0.383. The fraction of sp³-hybridized carbons (Fsp3) is 0.190. The Labute approximate surface area is 170 Å². The predicted octanol–water partition coefficient (Wildman–Crippen LogP) is 5.91. The summed E-state index contributed by atoms with van der Waals surface area (Å²) in [7, 11) is 0. The number of fused-ring (bicyclic) bond motifs is 1. The molecule has 1 fully saturated rings. The van der Waals surface area contributed by atoms with Crippen LogP contribution in [0.1, 0.15) is 24.4 Å². The molecule has 1 aliphatic carbocycles. The fourth-order valence-corrected chi connectivity index (χ4v) is 4.52. The first kappa shape index (κ1) is 17.6. The molecule has 0 amide bonds. The Bertz CT molecular complexity index is 1170. The molecule has 2 aromatic carbocycles. The van der Waals surface area contributed by atoms with Crippen molar-refractivity contribution in [3.63, 3.8) is 0 Å². The molecule has 0 spiro atoms. The molecule has 140 valence electrons. The molecule has 2 aromatic heterocycles. The van der Waals surface area contributed by atoms with Crippen LogP contribution in [0.15, 0.2) is 59.9 Å². The van der Waals surface area contributed by atoms with Crippen LogP contribution >= 0.6 is 23.4 Å². The molecule has 0 saturated heterocycles. The Morgan fingerprint density at radius 2 is 1.93 bits per heavy atom. The van der Waals surface area contributed by atoms with E-state index >= 15 is 0 Å². The average molecular weight is 411 g/mol. The van der Waals surface area contributed by atoms with Crippen molar-refractivity contribution in [1.82, 2.24) is 19.7 Å². The number of hydrogen-bond acceptors (Lipinski definition) is 4. The van der Waals surface area contributed by atoms with Crippen molar-refractivity contribution in [3.05, 3.63) is 71.1 Å². The second-order valence-corrected chi connectivity index (χ2v) is 8.13. The van der Waals surface area contributed by atoms with E-state index in [1.54, 1.807) is 30.1 Å². The number of pyridine rings is 1. The largest absolute Gasteiger partial charge is 0.299 e. The third kappa shape index (κ3) is 3.16. The van der Waals surface area contributed by atoms with Gasteiger partial charge in [-0.3, -0.25) is 9.55 Å². The molecule has 1 aliphatic rings. The number of thioether (sulfide) groups is 1. The van der Waals surface area contributed by atoms with Gasteiger partial charge in [-0.25, -0.2) is 4.39 Å². The first-order valence-corrected chi connectivity index (χ1v) is 10.4. The standard InChI is InChI=1S/C21H16ClFN4S/c22-17-10-7-13(19-15(17)5-3-11-24-19)12-28-21-26-25-20(27(21)14-8-9-14)16-4-1-2-6-18(16)23/h1-7,10-11,14H,8-9,12H2. The minimum Gasteiger partial charge on any atom is -0.299 e. The summed E-state index contributed by atoms with van der Waals surface area (Å²) in [6, 6.07) is 14.8. The molecule has 7 heteroatoms. The van der Waals surface area contributed by atoms with Crippen LogP contribution in [0.4, 0.5) is 4.39 Å². The van der Waals surface area contributed by atoms with Crippen LogP contribution in [0.3, 0.4) is 0 Å². The van der Waals surface area contributed by atoms with Crippen molar-refractivity contribution in [2.75, 3.05) is 0 Å². The molecule has 0 bridgehead atoms. The van der Waals surface area contributed by atoms with Crippen molar-refractivity contribution in [3.8, 4) is 11.4 Å². The van der Waals surface area contributed by atoms with Crippen molar-refractivity contribution in [2.45, 2.75) is 29.8 Å². The molecule has 28 heavy (non-hydrogen) atoms. The van der Waals surface area contributed by atoms with Gasteiger partial charge in [-0.05, 0) is 48.7 Å². The van der Waals surface area contributed by atoms with E-state index in [1.807, 2.05) is 30.3 Å². The minimum atomic E-state index is -0.277. The highest BCUT2D eigenvalue weighted by Crippen LogP contribution is 2.42. The monoisotopic (exact) mass is 410 g/mol. The van der Waals surface area contributed by atoms with Gasteiger partial charge in [0, 0.05) is 28.4 Å². The first-order chi connectivity index (χ1) is 13.7. The summed E-state index contributed by atoms with van der Waals surface area (Å²) in [6.07, 6.45) is 3.91. The zero-order chi connectivity index (χ0) is 19.1. The Morgan fingerprint density at radius 1 is 1.07 bits per heavy atom. The smallest absolute Gasteiger partial charge is 0.192 e. The van der Waals surface area contributed by atoms with Gasteiger partial charge in [-0.15, -0.1) is 10.2 Å². The number of aromatic nitrogens is 4. The highest BCUT2D eigenvalue weighted by Gasteiger charge is 2.31. The van der Waals surface area contributed by atoms with Gasteiger partial charge in [0.25, 0.3) is 0 Å². The van der Waals surface area contributed by atoms with Crippen LogP contribution < -0.4 is 0 Å². The summed E-state index contributed by atoms with van der Waals surface area (Å²) >= 11 is 7.89. The molecule has 0 unspecified atom stereocenters. The number of benzene rings is 2. The fourth-order valence-electron chi connectivity index (χ4n) is 3.32. The maximum Gasteiger partial charge on any atom is 0.192 e. The zero-order valence-electron chi connectivity index (χ0n) is 14.8. The number of hydrogen-bond donors (Lipinski definition) is 0. The van der Waals surface area contributed by atoms with Gasteiger partial charge in [0.05, 0.1) is 11.1 Å². The van der Waals surface area contributed by atoms with Crippen LogP contribution in [0, 0.1) is 5.82 Å². The second-order valence-electron chi connectivity index (χ2n) is 6.78. The lowest BCUT2D eigenvalue weighted by molar-refractivity contribution is 0.622. The molecule has 4 nitrogen and oxygen atoms in total. The van der Waals surface area contributed by atoms with Gasteiger partial charge in [-0.1, -0.05) is 41.6 Å². The van der Waals surface area contributed by atoms with Crippen molar-refractivity contribution >= 4 is 34.3 Å². The number of halogens is 2. The van der Waals surface area contributed by atoms with Gasteiger partial charge in [0.1, 0.15) is 5.82 Å². The molecule has 0 radical (unpaired) electrons. The van der Waals surface area contributed by atoms with Gasteiger partial charge >= 0.3 is 0 Å². The van der Waals surface area contributed by atoms with Gasteiger partial charge in [-0.2, -0.15) is 0 Å². The van der Waals surface area contributed by atoms with E-state index in [4.69, 9.17) is 11.6 Å². The second kappa shape index (κ2) is 7.18. The van der Waals surface area contributed by atoms with Gasteiger partial charge in [0.15, 0.2) is 11.0 Å². The lowest BCUT2D eigenvalue weighted by atomic mass is 10.1. The Balaban J connectivity index is 1.49. The summed E-state index contributed by atoms with van der Waals surface area (Å²) in [5, 5.41) is 11.1. The third-order valence-electron chi connectivity index (χ3n) is 4.85. The number of rotatable bonds is 5. The summed E-state index contributed by atoms with van der Waals surface area (Å²) in [4.78, 5) is 4.50. The lowest BCUT2D eigenvalue weighted by Gasteiger charge is -2.10. The average Bonchev–Trinajstić information content (AvgIpc) is 3.48. The van der Waals surface area contributed by atoms with E-state index in [-0.39, 0.29) is 5.82 Å². The van der Waals surface area contributed by atoms with Crippen molar-refractivity contribution in [1.29, 1.82) is 0 Å². The van der Waals surface area contributed by atoms with Crippen molar-refractivity contribution < 1.29 is 4.39 Å². The molecule has 4 aromatic rings. The highest BCUT2D eigenvalue weighted by molar-refractivity contribution is 7.98. The van der Waals surface area contributed by atoms with E-state index in [2.05, 4.69) is 19.7 Å². The predicted molar refractivity (Wildman–Crippen MR) is 110 cm³/mol. The first-order valence-electron chi connectivity index (χ1n) is 9.07. The van der Waals surface area contributed by atoms with Crippen molar-refractivity contribution in [2.24, 2.45) is 0 Å². The summed E-state index contributed by atoms with van der Waals surface area (Å²) in [6.45, 7) is 0. The van der Waals surface area contributed by atoms with Crippen LogP contribution in [0.5, 0.6) is 0 Å². The molecule has 1 saturated carbocycles. The number of nitrogens with zero attached hydrogens (tertiary/aromatic N) is 4. The highest BCUT2D eigenvalue weighted by atomic mass is 35.5. The van der Waals surface area contributed by atoms with E-state index in [0.29, 0.717) is 28.2 Å². The van der Waals surface area contributed by atoms with Crippen LogP contribution in [0.2, 0.25) is 5.02 Å². The van der Waals surface area contributed by atoms with E-state index in [0.717, 1.165) is 34.5 Å². The molecule has 0 aliphatic heterocycles. The van der Waals surface area contributed by atoms with E-state index in [9.17, 15) is 4.39 Å². The molecular weight excluding hydrogens is 395 g/mol. The Hall–Kier alpha value is -2.44. The molecular formula is C21H16ClFN4S. The van der Waals surface area contributed by atoms with Crippen LogP contribution in [0.25, 0.3) is 22.3 Å². The molecule has 2 heterocycles. The third-order valence-corrected chi connectivity index (χ3v) is 6.17. The lowest BCUT2D eigenvalue weighted by Crippen LogP contribution is -2.01. The van der Waals surface area contributed by atoms with Gasteiger partial charge < -0.3 is 0 Å². The Morgan fingerprint density at radius 3 is 2.75 bits per heavy atom. The summed E-state index contributed by atoms with van der Waals surface area (Å²) < 4.78 is 16.4. The SMILES string of the molecule is Fc1ccccc1-c1nnc(SCc2ccc(Cl)c3cccnc23)n1C1CC1. The maximum atomic E-state index is 14.3. The normalized spacial score (nSPS) is 13.9. The molecule has 5 rings (SSSR count). The van der Waals surface area contributed by atoms with E-state index in [1.165, 1.54) is 6.07 Å². The zero-order valence-corrected chi connectivity index (χ0v) is 16.4. The molecule has 0 N–H and O–H groups in total. The van der Waals surface area contributed by atoms with E-state index < -0.39 is 0 Å². The summed E-state index contributed by atoms with van der Waals surface area (Å²) in [5.74, 6) is 1.01. The molecule has 0 atom stereocenters. The maximum absolute atomic E-state index is 14.3. The van der Waals surface area contributed by atoms with Crippen LogP contribution in [-0.4, -0.2) is 19.7 Å².